The summed E-state index contributed by atoms with van der Waals surface area (Å²) in [5, 5.41) is 3.48. The Bertz CT molecular complexity index is 501. The highest BCUT2D eigenvalue weighted by Gasteiger charge is 2.33. The molecular weight excluding hydrogens is 304 g/mol. The molecule has 0 spiro atoms. The van der Waals surface area contributed by atoms with Crippen molar-refractivity contribution in [3.8, 4) is 0 Å². The van der Waals surface area contributed by atoms with E-state index in [1.165, 1.54) is 25.7 Å². The predicted molar refractivity (Wildman–Crippen MR) is 90.3 cm³/mol. The molecule has 116 valence electrons. The van der Waals surface area contributed by atoms with Gasteiger partial charge in [0.1, 0.15) is 5.15 Å². The quantitative estimate of drug-likeness (QED) is 0.800. The van der Waals surface area contributed by atoms with E-state index in [2.05, 4.69) is 23.5 Å². The average molecular weight is 327 g/mol. The number of pyridine rings is 1. The van der Waals surface area contributed by atoms with Crippen molar-refractivity contribution in [1.82, 2.24) is 10.3 Å². The topological polar surface area (TPSA) is 42.0 Å². The first kappa shape index (κ1) is 16.6. The first-order chi connectivity index (χ1) is 10.1. The van der Waals surface area contributed by atoms with Crippen LogP contribution in [0.4, 0.5) is 0 Å². The summed E-state index contributed by atoms with van der Waals surface area (Å²) in [5.41, 5.74) is 1.50. The van der Waals surface area contributed by atoms with E-state index in [0.29, 0.717) is 10.7 Å². The number of nitrogens with zero attached hydrogens (tertiary/aromatic N) is 1. The minimum absolute atomic E-state index is 0.0445. The molecule has 1 aromatic rings. The van der Waals surface area contributed by atoms with Gasteiger partial charge < -0.3 is 5.32 Å². The number of carbonyl (C=O) groups excluding carboxylic acids is 1. The summed E-state index contributed by atoms with van der Waals surface area (Å²) >= 11 is 7.89. The Morgan fingerprint density at radius 1 is 1.43 bits per heavy atom. The highest BCUT2D eigenvalue weighted by molar-refractivity contribution is 8.00. The summed E-state index contributed by atoms with van der Waals surface area (Å²) in [5.74, 6) is -0.0445. The zero-order chi connectivity index (χ0) is 15.3. The third-order valence-electron chi connectivity index (χ3n) is 4.13. The van der Waals surface area contributed by atoms with E-state index in [1.54, 1.807) is 6.07 Å². The second kappa shape index (κ2) is 7.50. The molecular formula is C16H23ClN2OS. The van der Waals surface area contributed by atoms with Gasteiger partial charge in [0.2, 0.25) is 0 Å². The molecule has 0 saturated heterocycles. The maximum Gasteiger partial charge on any atom is 0.251 e. The standard InChI is InChI=1S/C16H23ClN2OS/c1-3-6-13-9-12(10-14(17)19-13)15(20)18-11-16(21-2)7-4-5-8-16/h9-10H,3-8,11H2,1-2H3,(H,18,20). The molecule has 1 heterocycles. The van der Waals surface area contributed by atoms with Crippen LogP contribution >= 0.6 is 23.4 Å². The van der Waals surface area contributed by atoms with Gasteiger partial charge in [-0.3, -0.25) is 4.79 Å². The van der Waals surface area contributed by atoms with Gasteiger partial charge in [-0.25, -0.2) is 4.98 Å². The average Bonchev–Trinajstić information content (AvgIpc) is 2.94. The van der Waals surface area contributed by atoms with Crippen molar-refractivity contribution < 1.29 is 4.79 Å². The van der Waals surface area contributed by atoms with E-state index < -0.39 is 0 Å². The van der Waals surface area contributed by atoms with E-state index in [9.17, 15) is 4.79 Å². The molecule has 0 unspecified atom stereocenters. The maximum absolute atomic E-state index is 12.4. The molecule has 2 rings (SSSR count). The number of carbonyl (C=O) groups is 1. The van der Waals surface area contributed by atoms with Crippen molar-refractivity contribution in [1.29, 1.82) is 0 Å². The Balaban J connectivity index is 2.02. The van der Waals surface area contributed by atoms with Crippen LogP contribution in [0.15, 0.2) is 12.1 Å². The highest BCUT2D eigenvalue weighted by Crippen LogP contribution is 2.39. The van der Waals surface area contributed by atoms with Gasteiger partial charge in [0, 0.05) is 22.5 Å². The molecule has 1 N–H and O–H groups in total. The molecule has 0 aliphatic heterocycles. The van der Waals surface area contributed by atoms with Crippen LogP contribution < -0.4 is 5.32 Å². The van der Waals surface area contributed by atoms with Gasteiger partial charge in [0.15, 0.2) is 0 Å². The van der Waals surface area contributed by atoms with Crippen molar-refractivity contribution in [3.63, 3.8) is 0 Å². The van der Waals surface area contributed by atoms with Crippen molar-refractivity contribution in [2.45, 2.75) is 50.2 Å². The predicted octanol–water partition coefficient (Wildman–Crippen LogP) is 4.09. The Morgan fingerprint density at radius 3 is 2.76 bits per heavy atom. The molecule has 0 bridgehead atoms. The molecule has 1 aromatic heterocycles. The molecule has 0 atom stereocenters. The van der Waals surface area contributed by atoms with Crippen LogP contribution in [0.25, 0.3) is 0 Å². The zero-order valence-electron chi connectivity index (χ0n) is 12.7. The number of rotatable bonds is 6. The number of thioether (sulfide) groups is 1. The van der Waals surface area contributed by atoms with Crippen molar-refractivity contribution in [2.24, 2.45) is 0 Å². The number of aromatic nitrogens is 1. The van der Waals surface area contributed by atoms with Gasteiger partial charge in [-0.05, 0) is 37.7 Å². The molecule has 1 fully saturated rings. The van der Waals surface area contributed by atoms with Gasteiger partial charge in [-0.1, -0.05) is 37.8 Å². The molecule has 3 nitrogen and oxygen atoms in total. The van der Waals surface area contributed by atoms with Gasteiger partial charge >= 0.3 is 0 Å². The first-order valence-corrected chi connectivity index (χ1v) is 9.18. The molecule has 1 aliphatic rings. The van der Waals surface area contributed by atoms with Gasteiger partial charge in [-0.2, -0.15) is 11.8 Å². The van der Waals surface area contributed by atoms with Crippen molar-refractivity contribution >= 4 is 29.3 Å². The molecule has 1 aliphatic carbocycles. The minimum atomic E-state index is -0.0445. The van der Waals surface area contributed by atoms with Gasteiger partial charge in [0.05, 0.1) is 0 Å². The monoisotopic (exact) mass is 326 g/mol. The molecule has 1 amide bonds. The molecule has 5 heteroatoms. The van der Waals surface area contributed by atoms with Crippen molar-refractivity contribution in [2.75, 3.05) is 12.8 Å². The Hall–Kier alpha value is -0.740. The van der Waals surface area contributed by atoms with Crippen LogP contribution in [0, 0.1) is 0 Å². The fourth-order valence-corrected chi connectivity index (χ4v) is 4.02. The largest absolute Gasteiger partial charge is 0.351 e. The molecule has 0 radical (unpaired) electrons. The van der Waals surface area contributed by atoms with E-state index in [1.807, 2.05) is 17.8 Å². The SMILES string of the molecule is CCCc1cc(C(=O)NCC2(SC)CCCC2)cc(Cl)n1. The summed E-state index contributed by atoms with van der Waals surface area (Å²) in [6, 6.07) is 3.50. The lowest BCUT2D eigenvalue weighted by molar-refractivity contribution is 0.0949. The zero-order valence-corrected chi connectivity index (χ0v) is 14.3. The van der Waals surface area contributed by atoms with E-state index in [-0.39, 0.29) is 10.7 Å². The second-order valence-electron chi connectivity index (χ2n) is 5.70. The summed E-state index contributed by atoms with van der Waals surface area (Å²) in [6.07, 6.45) is 8.87. The maximum atomic E-state index is 12.4. The molecule has 1 saturated carbocycles. The lowest BCUT2D eigenvalue weighted by Crippen LogP contribution is -2.38. The normalized spacial score (nSPS) is 16.9. The summed E-state index contributed by atoms with van der Waals surface area (Å²) in [7, 11) is 0. The number of nitrogens with one attached hydrogen (secondary N) is 1. The Kier molecular flexibility index (Phi) is 5.94. The van der Waals surface area contributed by atoms with E-state index in [4.69, 9.17) is 11.6 Å². The minimum Gasteiger partial charge on any atom is -0.351 e. The van der Waals surface area contributed by atoms with E-state index >= 15 is 0 Å². The number of halogens is 1. The van der Waals surface area contributed by atoms with Crippen molar-refractivity contribution in [3.05, 3.63) is 28.5 Å². The van der Waals surface area contributed by atoms with Crippen LogP contribution in [0.3, 0.4) is 0 Å². The lowest BCUT2D eigenvalue weighted by atomic mass is 10.1. The number of aryl methyl sites for hydroxylation is 1. The van der Waals surface area contributed by atoms with Crippen LogP contribution in [0.5, 0.6) is 0 Å². The van der Waals surface area contributed by atoms with Crippen LogP contribution in [-0.2, 0) is 6.42 Å². The first-order valence-electron chi connectivity index (χ1n) is 7.58. The summed E-state index contributed by atoms with van der Waals surface area (Å²) < 4.78 is 0.221. The smallest absolute Gasteiger partial charge is 0.251 e. The van der Waals surface area contributed by atoms with Crippen LogP contribution in [-0.4, -0.2) is 28.4 Å². The molecule has 0 aromatic carbocycles. The third-order valence-corrected chi connectivity index (χ3v) is 5.75. The Morgan fingerprint density at radius 2 is 2.14 bits per heavy atom. The highest BCUT2D eigenvalue weighted by atomic mass is 35.5. The summed E-state index contributed by atoms with van der Waals surface area (Å²) in [6.45, 7) is 2.82. The second-order valence-corrected chi connectivity index (χ2v) is 7.36. The Labute approximate surface area is 136 Å². The van der Waals surface area contributed by atoms with Crippen LogP contribution in [0.1, 0.15) is 55.1 Å². The fourth-order valence-electron chi connectivity index (χ4n) is 2.88. The lowest BCUT2D eigenvalue weighted by Gasteiger charge is -2.26. The number of hydrogen-bond acceptors (Lipinski definition) is 3. The number of amides is 1. The van der Waals surface area contributed by atoms with Crippen LogP contribution in [0.2, 0.25) is 5.15 Å². The van der Waals surface area contributed by atoms with Gasteiger partial charge in [-0.15, -0.1) is 0 Å². The number of hydrogen-bond donors (Lipinski definition) is 1. The summed E-state index contributed by atoms with van der Waals surface area (Å²) in [4.78, 5) is 16.6. The molecule has 21 heavy (non-hydrogen) atoms. The third kappa shape index (κ3) is 4.36. The fraction of sp³-hybridized carbons (Fsp3) is 0.625. The van der Waals surface area contributed by atoms with E-state index in [0.717, 1.165) is 25.1 Å². The van der Waals surface area contributed by atoms with Gasteiger partial charge in [0.25, 0.3) is 5.91 Å².